The van der Waals surface area contributed by atoms with E-state index in [0.717, 1.165) is 24.8 Å². The van der Waals surface area contributed by atoms with E-state index in [4.69, 9.17) is 24.7 Å². The number of carboxylic acid groups (broad SMARTS) is 1. The number of methoxy groups -OCH3 is 1. The summed E-state index contributed by atoms with van der Waals surface area (Å²) in [6.07, 6.45) is 1.88. The van der Waals surface area contributed by atoms with E-state index >= 15 is 0 Å². The molecule has 10 nitrogen and oxygen atoms in total. The van der Waals surface area contributed by atoms with Crippen molar-refractivity contribution in [3.8, 4) is 11.5 Å². The number of aliphatic hydroxyl groups excluding tert-OH is 1. The Hall–Kier alpha value is -2.56. The molecule has 1 amide bonds. The smallest absolute Gasteiger partial charge is 0.407 e. The molecular formula is C31H54N2O8. The van der Waals surface area contributed by atoms with Gasteiger partial charge >= 0.3 is 12.1 Å². The number of carboxylic acids is 1. The standard InChI is InChI=1S/C31H54N2O8/c1-21(2)24(20-25(26(34)17-22(3)29(35)36)33-30(37)41-31(4,5)6)18-23-11-12-27(39-15-9-8-13-32)28(19-23)40-16-10-14-38-7/h11-12,19,21-22,24-26,34H,8-10,13-18,20,32H2,1-7H3,(H,33,37)(H,35,36)/t22-,24+,25+,26+/m1/s1. The van der Waals surface area contributed by atoms with Crippen LogP contribution in [0.3, 0.4) is 0 Å². The van der Waals surface area contributed by atoms with E-state index in [1.165, 1.54) is 0 Å². The Balaban J connectivity index is 3.15. The number of benzene rings is 1. The van der Waals surface area contributed by atoms with Crippen molar-refractivity contribution in [2.75, 3.05) is 33.5 Å². The maximum atomic E-state index is 12.7. The van der Waals surface area contributed by atoms with Gasteiger partial charge in [0.25, 0.3) is 0 Å². The number of hydrogen-bond donors (Lipinski definition) is 4. The van der Waals surface area contributed by atoms with E-state index in [0.29, 0.717) is 50.7 Å². The molecular weight excluding hydrogens is 528 g/mol. The summed E-state index contributed by atoms with van der Waals surface area (Å²) in [6.45, 7) is 13.3. The van der Waals surface area contributed by atoms with E-state index in [9.17, 15) is 19.8 Å². The van der Waals surface area contributed by atoms with Gasteiger partial charge in [0.2, 0.25) is 0 Å². The van der Waals surface area contributed by atoms with Crippen molar-refractivity contribution in [1.82, 2.24) is 5.32 Å². The third-order valence-corrected chi connectivity index (χ3v) is 6.80. The summed E-state index contributed by atoms with van der Waals surface area (Å²) in [5.74, 6) is -0.161. The van der Waals surface area contributed by atoms with Crippen molar-refractivity contribution in [3.05, 3.63) is 23.8 Å². The predicted molar refractivity (Wildman–Crippen MR) is 159 cm³/mol. The molecule has 0 unspecified atom stereocenters. The molecule has 0 aliphatic carbocycles. The first-order valence-corrected chi connectivity index (χ1v) is 14.7. The molecule has 0 aliphatic heterocycles. The summed E-state index contributed by atoms with van der Waals surface area (Å²) in [5.41, 5.74) is 5.92. The first kappa shape index (κ1) is 36.5. The van der Waals surface area contributed by atoms with Gasteiger partial charge in [0.05, 0.1) is 31.3 Å². The number of aliphatic carboxylic acids is 1. The molecule has 4 atom stereocenters. The number of hydrogen-bond acceptors (Lipinski definition) is 8. The molecule has 0 bridgehead atoms. The van der Waals surface area contributed by atoms with Gasteiger partial charge in [-0.15, -0.1) is 0 Å². The van der Waals surface area contributed by atoms with Gasteiger partial charge < -0.3 is 40.2 Å². The van der Waals surface area contributed by atoms with E-state index in [-0.39, 0.29) is 18.3 Å². The van der Waals surface area contributed by atoms with E-state index in [1.807, 2.05) is 18.2 Å². The van der Waals surface area contributed by atoms with Crippen LogP contribution in [0.15, 0.2) is 18.2 Å². The molecule has 0 heterocycles. The van der Waals surface area contributed by atoms with Gasteiger partial charge in [-0.25, -0.2) is 4.79 Å². The summed E-state index contributed by atoms with van der Waals surface area (Å²) in [7, 11) is 1.66. The Kier molecular flexibility index (Phi) is 16.7. The van der Waals surface area contributed by atoms with E-state index in [2.05, 4.69) is 19.2 Å². The SMILES string of the molecule is COCCCOc1cc(C[C@@H](C[C@H](NC(=O)OC(C)(C)C)[C@@H](O)C[C@@H](C)C(=O)O)C(C)C)ccc1OCCCCN. The second-order valence-electron chi connectivity index (χ2n) is 12.1. The van der Waals surface area contributed by atoms with E-state index in [1.54, 1.807) is 34.8 Å². The zero-order valence-corrected chi connectivity index (χ0v) is 26.1. The van der Waals surface area contributed by atoms with E-state index < -0.39 is 35.7 Å². The van der Waals surface area contributed by atoms with Crippen LogP contribution in [0.25, 0.3) is 0 Å². The van der Waals surface area contributed by atoms with Gasteiger partial charge in [-0.3, -0.25) is 4.79 Å². The normalized spacial score (nSPS) is 14.7. The second kappa shape index (κ2) is 18.8. The minimum absolute atomic E-state index is 0.0102. The highest BCUT2D eigenvalue weighted by atomic mass is 16.6. The fourth-order valence-corrected chi connectivity index (χ4v) is 4.34. The number of unbranched alkanes of at least 4 members (excludes halogenated alkanes) is 1. The molecule has 0 aliphatic rings. The van der Waals surface area contributed by atoms with Crippen LogP contribution in [-0.4, -0.2) is 73.5 Å². The van der Waals surface area contributed by atoms with Crippen molar-refractivity contribution < 1.29 is 38.7 Å². The van der Waals surface area contributed by atoms with Crippen LogP contribution < -0.4 is 20.5 Å². The maximum Gasteiger partial charge on any atom is 0.407 e. The van der Waals surface area contributed by atoms with Crippen LogP contribution in [-0.2, 0) is 20.7 Å². The van der Waals surface area contributed by atoms with Gasteiger partial charge in [-0.2, -0.15) is 0 Å². The van der Waals surface area contributed by atoms with Crippen LogP contribution in [0.1, 0.15) is 79.2 Å². The Labute approximate surface area is 246 Å². The lowest BCUT2D eigenvalue weighted by Crippen LogP contribution is -2.47. The zero-order chi connectivity index (χ0) is 31.0. The molecule has 0 aromatic heterocycles. The fraction of sp³-hybridized carbons (Fsp3) is 0.742. The minimum atomic E-state index is -1.06. The van der Waals surface area contributed by atoms with Gasteiger partial charge in [0, 0.05) is 20.1 Å². The van der Waals surface area contributed by atoms with Gasteiger partial charge in [-0.1, -0.05) is 26.8 Å². The fourth-order valence-electron chi connectivity index (χ4n) is 4.34. The minimum Gasteiger partial charge on any atom is -0.490 e. The molecule has 236 valence electrons. The van der Waals surface area contributed by atoms with Crippen LogP contribution in [0, 0.1) is 17.8 Å². The number of alkyl carbamates (subject to hydrolysis) is 1. The molecule has 5 N–H and O–H groups in total. The number of carbonyl (C=O) groups is 2. The third-order valence-electron chi connectivity index (χ3n) is 6.80. The highest BCUT2D eigenvalue weighted by Gasteiger charge is 2.31. The Bertz CT molecular complexity index is 903. The number of carbonyl (C=O) groups excluding carboxylic acids is 1. The topological polar surface area (TPSA) is 150 Å². The Morgan fingerprint density at radius 3 is 2.22 bits per heavy atom. The summed E-state index contributed by atoms with van der Waals surface area (Å²) in [5, 5.41) is 23.2. The molecule has 0 fully saturated rings. The molecule has 41 heavy (non-hydrogen) atoms. The van der Waals surface area contributed by atoms with Crippen molar-refractivity contribution in [2.24, 2.45) is 23.5 Å². The molecule has 1 aromatic carbocycles. The first-order chi connectivity index (χ1) is 19.3. The van der Waals surface area contributed by atoms with Crippen LogP contribution in [0.2, 0.25) is 0 Å². The number of nitrogens with two attached hydrogens (primary N) is 1. The molecule has 10 heteroatoms. The van der Waals surface area contributed by atoms with Crippen LogP contribution >= 0.6 is 0 Å². The summed E-state index contributed by atoms with van der Waals surface area (Å²) < 4.78 is 22.6. The third kappa shape index (κ3) is 15.3. The summed E-state index contributed by atoms with van der Waals surface area (Å²) in [6, 6.07) is 5.23. The van der Waals surface area contributed by atoms with Crippen LogP contribution in [0.4, 0.5) is 4.79 Å². The lowest BCUT2D eigenvalue weighted by molar-refractivity contribution is -0.142. The summed E-state index contributed by atoms with van der Waals surface area (Å²) in [4.78, 5) is 24.1. The molecule has 0 radical (unpaired) electrons. The monoisotopic (exact) mass is 582 g/mol. The van der Waals surface area contributed by atoms with Gasteiger partial charge in [0.1, 0.15) is 5.60 Å². The lowest BCUT2D eigenvalue weighted by atomic mass is 9.82. The first-order valence-electron chi connectivity index (χ1n) is 14.7. The number of amides is 1. The number of rotatable bonds is 20. The molecule has 0 spiro atoms. The largest absolute Gasteiger partial charge is 0.490 e. The number of ether oxygens (including phenoxy) is 4. The average Bonchev–Trinajstić information content (AvgIpc) is 2.87. The highest BCUT2D eigenvalue weighted by Crippen LogP contribution is 2.32. The predicted octanol–water partition coefficient (Wildman–Crippen LogP) is 4.79. The highest BCUT2D eigenvalue weighted by molar-refractivity contribution is 5.70. The average molecular weight is 583 g/mol. The Morgan fingerprint density at radius 1 is 0.976 bits per heavy atom. The molecule has 1 aromatic rings. The molecule has 0 saturated carbocycles. The van der Waals surface area contributed by atoms with Crippen molar-refractivity contribution in [1.29, 1.82) is 0 Å². The Morgan fingerprint density at radius 2 is 1.63 bits per heavy atom. The van der Waals surface area contributed by atoms with Crippen molar-refractivity contribution in [3.63, 3.8) is 0 Å². The van der Waals surface area contributed by atoms with Crippen LogP contribution in [0.5, 0.6) is 11.5 Å². The molecule has 0 saturated heterocycles. The number of aliphatic hydroxyl groups is 1. The van der Waals surface area contributed by atoms with Gasteiger partial charge in [-0.05, 0) is 89.0 Å². The second-order valence-corrected chi connectivity index (χ2v) is 12.1. The quantitative estimate of drug-likeness (QED) is 0.159. The lowest BCUT2D eigenvalue weighted by Gasteiger charge is -2.32. The zero-order valence-electron chi connectivity index (χ0n) is 26.1. The molecule has 1 rings (SSSR count). The van der Waals surface area contributed by atoms with Crippen molar-refractivity contribution >= 4 is 12.1 Å². The van der Waals surface area contributed by atoms with Gasteiger partial charge in [0.15, 0.2) is 11.5 Å². The maximum absolute atomic E-state index is 12.7. The summed E-state index contributed by atoms with van der Waals surface area (Å²) >= 11 is 0. The number of nitrogens with one attached hydrogen (secondary N) is 1. The van der Waals surface area contributed by atoms with Crippen molar-refractivity contribution in [2.45, 2.75) is 97.8 Å².